The Labute approximate surface area is 126 Å². The van der Waals surface area contributed by atoms with Crippen molar-refractivity contribution in [3.8, 4) is 0 Å². The number of halogens is 2. The third kappa shape index (κ3) is 4.97. The van der Waals surface area contributed by atoms with E-state index in [2.05, 4.69) is 10.3 Å². The summed E-state index contributed by atoms with van der Waals surface area (Å²) < 4.78 is 0. The Hall–Kier alpha value is -0.840. The van der Waals surface area contributed by atoms with Gasteiger partial charge in [0.2, 0.25) is 0 Å². The van der Waals surface area contributed by atoms with Gasteiger partial charge in [-0.25, -0.2) is 0 Å². The predicted octanol–water partition coefficient (Wildman–Crippen LogP) is 2.00. The summed E-state index contributed by atoms with van der Waals surface area (Å²) in [5, 5.41) is 3.18. The maximum atomic E-state index is 12.2. The minimum Gasteiger partial charge on any atom is -0.337 e. The van der Waals surface area contributed by atoms with Crippen LogP contribution in [-0.4, -0.2) is 42.5 Å². The van der Waals surface area contributed by atoms with Gasteiger partial charge in [-0.1, -0.05) is 6.07 Å². The number of hydrogen-bond donors (Lipinski definition) is 1. The molecule has 1 N–H and O–H groups in total. The number of likely N-dealkylation sites (tertiary alicyclic amines) is 1. The van der Waals surface area contributed by atoms with Crippen molar-refractivity contribution < 1.29 is 4.79 Å². The molecule has 2 heterocycles. The number of nitrogens with zero attached hydrogens (tertiary/aromatic N) is 2. The molecule has 0 aliphatic carbocycles. The van der Waals surface area contributed by atoms with E-state index < -0.39 is 0 Å². The molecule has 1 aliphatic rings. The molecular weight excluding hydrogens is 285 g/mol. The molecule has 0 radical (unpaired) electrons. The smallest absolute Gasteiger partial charge is 0.272 e. The highest BCUT2D eigenvalue weighted by Gasteiger charge is 2.24. The highest BCUT2D eigenvalue weighted by atomic mass is 35.5. The zero-order chi connectivity index (χ0) is 12.1. The first-order valence-corrected chi connectivity index (χ1v) is 6.16. The lowest BCUT2D eigenvalue weighted by molar-refractivity contribution is 0.0668. The molecule has 0 bridgehead atoms. The van der Waals surface area contributed by atoms with Crippen LogP contribution in [0.4, 0.5) is 0 Å². The number of nitrogens with one attached hydrogen (secondary N) is 1. The van der Waals surface area contributed by atoms with Crippen molar-refractivity contribution in [3.05, 3.63) is 30.1 Å². The van der Waals surface area contributed by atoms with Gasteiger partial charge in [0.25, 0.3) is 5.91 Å². The molecule has 1 aromatic rings. The first-order chi connectivity index (χ1) is 8.31. The molecule has 1 unspecified atom stereocenters. The van der Waals surface area contributed by atoms with Crippen molar-refractivity contribution in [3.63, 3.8) is 0 Å². The monoisotopic (exact) mass is 305 g/mol. The average molecular weight is 306 g/mol. The van der Waals surface area contributed by atoms with Gasteiger partial charge in [0.15, 0.2) is 0 Å². The van der Waals surface area contributed by atoms with Gasteiger partial charge in [-0.2, -0.15) is 0 Å². The second kappa shape index (κ2) is 9.13. The van der Waals surface area contributed by atoms with Crippen molar-refractivity contribution >= 4 is 30.7 Å². The Morgan fingerprint density at radius 2 is 2.26 bits per heavy atom. The number of carbonyl (C=O) groups excluding carboxylic acids is 1. The minimum absolute atomic E-state index is 0. The van der Waals surface area contributed by atoms with Crippen LogP contribution in [0.25, 0.3) is 0 Å². The Morgan fingerprint density at radius 3 is 2.89 bits per heavy atom. The van der Waals surface area contributed by atoms with E-state index in [0.29, 0.717) is 11.6 Å². The fraction of sp³-hybridized carbons (Fsp3) is 0.538. The standard InChI is InChI=1S/C13H19N3O.2ClH/c1-14-9-11-5-4-8-16(10-11)13(17)12-6-2-3-7-15-12;;/h2-3,6-7,11,14H,4-5,8-10H2,1H3;2*1H. The fourth-order valence-electron chi connectivity index (χ4n) is 2.36. The quantitative estimate of drug-likeness (QED) is 0.929. The van der Waals surface area contributed by atoms with Gasteiger partial charge >= 0.3 is 0 Å². The SMILES string of the molecule is CNCC1CCCN(C(=O)c2ccccn2)C1.Cl.Cl. The van der Waals surface area contributed by atoms with Crippen molar-refractivity contribution in [2.24, 2.45) is 5.92 Å². The fourth-order valence-corrected chi connectivity index (χ4v) is 2.36. The number of amides is 1. The number of piperidine rings is 1. The van der Waals surface area contributed by atoms with Crippen LogP contribution in [-0.2, 0) is 0 Å². The average Bonchev–Trinajstić information content (AvgIpc) is 2.40. The predicted molar refractivity (Wildman–Crippen MR) is 81.3 cm³/mol. The number of pyridine rings is 1. The molecule has 108 valence electrons. The highest BCUT2D eigenvalue weighted by molar-refractivity contribution is 5.92. The van der Waals surface area contributed by atoms with E-state index in [4.69, 9.17) is 0 Å². The summed E-state index contributed by atoms with van der Waals surface area (Å²) >= 11 is 0. The van der Waals surface area contributed by atoms with Crippen LogP contribution in [0.5, 0.6) is 0 Å². The maximum Gasteiger partial charge on any atom is 0.272 e. The number of rotatable bonds is 3. The molecule has 1 saturated heterocycles. The molecule has 1 aromatic heterocycles. The van der Waals surface area contributed by atoms with Gasteiger partial charge in [-0.3, -0.25) is 9.78 Å². The maximum absolute atomic E-state index is 12.2. The van der Waals surface area contributed by atoms with Crippen LogP contribution >= 0.6 is 24.8 Å². The lowest BCUT2D eigenvalue weighted by Crippen LogP contribution is -2.42. The van der Waals surface area contributed by atoms with Gasteiger partial charge in [0.05, 0.1) is 0 Å². The van der Waals surface area contributed by atoms with Crippen LogP contribution in [0, 0.1) is 5.92 Å². The summed E-state index contributed by atoms with van der Waals surface area (Å²) in [5.41, 5.74) is 0.553. The Morgan fingerprint density at radius 1 is 1.47 bits per heavy atom. The van der Waals surface area contributed by atoms with E-state index in [-0.39, 0.29) is 30.7 Å². The number of carbonyl (C=O) groups is 1. The molecule has 0 spiro atoms. The highest BCUT2D eigenvalue weighted by Crippen LogP contribution is 2.17. The number of aromatic nitrogens is 1. The number of hydrogen-bond acceptors (Lipinski definition) is 3. The summed E-state index contributed by atoms with van der Waals surface area (Å²) in [4.78, 5) is 18.2. The van der Waals surface area contributed by atoms with E-state index in [1.807, 2.05) is 24.1 Å². The molecule has 0 saturated carbocycles. The topological polar surface area (TPSA) is 45.2 Å². The van der Waals surface area contributed by atoms with E-state index >= 15 is 0 Å². The first kappa shape index (κ1) is 18.2. The molecule has 2 rings (SSSR count). The van der Waals surface area contributed by atoms with Crippen molar-refractivity contribution in [2.75, 3.05) is 26.7 Å². The zero-order valence-corrected chi connectivity index (χ0v) is 12.7. The summed E-state index contributed by atoms with van der Waals surface area (Å²) in [5.74, 6) is 0.632. The lowest BCUT2D eigenvalue weighted by atomic mass is 9.98. The van der Waals surface area contributed by atoms with Gasteiger partial charge < -0.3 is 10.2 Å². The lowest BCUT2D eigenvalue weighted by Gasteiger charge is -2.32. The Kier molecular flexibility index (Phi) is 8.72. The van der Waals surface area contributed by atoms with E-state index in [9.17, 15) is 4.79 Å². The molecule has 1 amide bonds. The molecule has 1 fully saturated rings. The summed E-state index contributed by atoms with van der Waals surface area (Å²) in [7, 11) is 1.96. The minimum atomic E-state index is 0. The summed E-state index contributed by atoms with van der Waals surface area (Å²) in [6.07, 6.45) is 3.96. The van der Waals surface area contributed by atoms with Crippen molar-refractivity contribution in [2.45, 2.75) is 12.8 Å². The zero-order valence-electron chi connectivity index (χ0n) is 11.0. The first-order valence-electron chi connectivity index (χ1n) is 6.16. The largest absolute Gasteiger partial charge is 0.337 e. The second-order valence-corrected chi connectivity index (χ2v) is 4.53. The van der Waals surface area contributed by atoms with Crippen LogP contribution in [0.3, 0.4) is 0 Å². The van der Waals surface area contributed by atoms with E-state index in [1.165, 1.54) is 6.42 Å². The van der Waals surface area contributed by atoms with Crippen LogP contribution in [0.15, 0.2) is 24.4 Å². The molecular formula is C13H21Cl2N3O. The van der Waals surface area contributed by atoms with Gasteiger partial charge in [0, 0.05) is 19.3 Å². The molecule has 0 aromatic carbocycles. The van der Waals surface area contributed by atoms with Crippen molar-refractivity contribution in [1.29, 1.82) is 0 Å². The van der Waals surface area contributed by atoms with Crippen LogP contribution in [0.2, 0.25) is 0 Å². The van der Waals surface area contributed by atoms with Gasteiger partial charge in [-0.15, -0.1) is 24.8 Å². The molecule has 1 aliphatic heterocycles. The summed E-state index contributed by atoms with van der Waals surface area (Å²) in [6, 6.07) is 5.47. The van der Waals surface area contributed by atoms with Gasteiger partial charge in [0.1, 0.15) is 5.69 Å². The van der Waals surface area contributed by atoms with Crippen molar-refractivity contribution in [1.82, 2.24) is 15.2 Å². The molecule has 19 heavy (non-hydrogen) atoms. The third-order valence-corrected chi connectivity index (χ3v) is 3.18. The van der Waals surface area contributed by atoms with Crippen LogP contribution in [0.1, 0.15) is 23.3 Å². The van der Waals surface area contributed by atoms with Gasteiger partial charge in [-0.05, 0) is 44.5 Å². The molecule has 6 heteroatoms. The second-order valence-electron chi connectivity index (χ2n) is 4.53. The van der Waals surface area contributed by atoms with Crippen LogP contribution < -0.4 is 5.32 Å². The van der Waals surface area contributed by atoms with E-state index in [1.54, 1.807) is 12.3 Å². The Bertz CT molecular complexity index is 373. The summed E-state index contributed by atoms with van der Waals surface area (Å²) in [6.45, 7) is 2.68. The Balaban J connectivity index is 0.00000162. The molecule has 1 atom stereocenters. The van der Waals surface area contributed by atoms with E-state index in [0.717, 1.165) is 26.1 Å². The molecule has 4 nitrogen and oxygen atoms in total. The normalized spacial score (nSPS) is 18.2. The third-order valence-electron chi connectivity index (χ3n) is 3.18.